The lowest BCUT2D eigenvalue weighted by molar-refractivity contribution is 0.0944. The number of carbonyl (C=O) groups excluding carboxylic acids is 1. The van der Waals surface area contributed by atoms with Crippen LogP contribution in [0.4, 0.5) is 4.39 Å². The highest BCUT2D eigenvalue weighted by molar-refractivity contribution is 7.89. The molecule has 0 bridgehead atoms. The molecule has 0 fully saturated rings. The van der Waals surface area contributed by atoms with Crippen LogP contribution in [-0.4, -0.2) is 34.5 Å². The van der Waals surface area contributed by atoms with Gasteiger partial charge in [-0.05, 0) is 30.3 Å². The van der Waals surface area contributed by atoms with Gasteiger partial charge in [0.25, 0.3) is 5.91 Å². The van der Waals surface area contributed by atoms with Crippen molar-refractivity contribution in [2.45, 2.75) is 18.0 Å². The molecule has 2 aromatic heterocycles. The van der Waals surface area contributed by atoms with Crippen LogP contribution in [0.3, 0.4) is 0 Å². The number of aromatic nitrogens is 4. The van der Waals surface area contributed by atoms with Gasteiger partial charge in [-0.1, -0.05) is 11.6 Å². The van der Waals surface area contributed by atoms with Gasteiger partial charge in [0.2, 0.25) is 10.0 Å². The van der Waals surface area contributed by atoms with Crippen molar-refractivity contribution in [2.24, 2.45) is 0 Å². The van der Waals surface area contributed by atoms with E-state index in [2.05, 4.69) is 30.2 Å². The minimum Gasteiger partial charge on any atom is -0.346 e. The maximum atomic E-state index is 13.2. The van der Waals surface area contributed by atoms with E-state index < -0.39 is 21.7 Å². The molecule has 0 aliphatic rings. The summed E-state index contributed by atoms with van der Waals surface area (Å²) >= 11 is 5.61. The molecular weight excluding hydrogens is 423 g/mol. The van der Waals surface area contributed by atoms with E-state index in [-0.39, 0.29) is 34.4 Å². The summed E-state index contributed by atoms with van der Waals surface area (Å²) in [6, 6.07) is 5.96. The predicted molar refractivity (Wildman–Crippen MR) is 101 cm³/mol. The van der Waals surface area contributed by atoms with E-state index in [1.807, 2.05) is 0 Å². The minimum atomic E-state index is -3.92. The van der Waals surface area contributed by atoms with Crippen LogP contribution in [0, 0.1) is 5.82 Å². The highest BCUT2D eigenvalue weighted by Gasteiger charge is 2.16. The van der Waals surface area contributed by atoms with Gasteiger partial charge in [-0.3, -0.25) is 4.79 Å². The number of hydrogen-bond acceptors (Lipinski definition) is 7. The van der Waals surface area contributed by atoms with Crippen LogP contribution in [0.1, 0.15) is 21.7 Å². The van der Waals surface area contributed by atoms with Crippen LogP contribution >= 0.6 is 11.6 Å². The third-order valence-corrected chi connectivity index (χ3v) is 5.35. The fraction of sp³-hybridized carbons (Fsp3) is 0.118. The smallest absolute Gasteiger partial charge is 0.272 e. The van der Waals surface area contributed by atoms with Gasteiger partial charge in [0.15, 0.2) is 5.69 Å². The van der Waals surface area contributed by atoms with E-state index in [4.69, 9.17) is 11.6 Å². The molecule has 2 heterocycles. The van der Waals surface area contributed by atoms with Gasteiger partial charge < -0.3 is 5.32 Å². The molecule has 0 radical (unpaired) electrons. The first-order valence-corrected chi connectivity index (χ1v) is 10.0. The monoisotopic (exact) mass is 436 g/mol. The molecule has 0 atom stereocenters. The van der Waals surface area contributed by atoms with Crippen molar-refractivity contribution >= 4 is 27.5 Å². The SMILES string of the molecule is O=C(NCc1cncnc1)c1ccc(CNS(=O)(=O)c2ccc(F)c(Cl)c2)nn1. The van der Waals surface area contributed by atoms with Gasteiger partial charge in [0.1, 0.15) is 12.1 Å². The molecule has 0 spiro atoms. The molecule has 0 aliphatic heterocycles. The third kappa shape index (κ3) is 5.50. The number of nitrogens with one attached hydrogen (secondary N) is 2. The van der Waals surface area contributed by atoms with Gasteiger partial charge in [-0.25, -0.2) is 27.5 Å². The van der Waals surface area contributed by atoms with E-state index in [1.54, 1.807) is 12.4 Å². The summed E-state index contributed by atoms with van der Waals surface area (Å²) < 4.78 is 40.0. The van der Waals surface area contributed by atoms with Crippen LogP contribution in [0.15, 0.2) is 53.9 Å². The zero-order chi connectivity index (χ0) is 20.9. The Labute approximate surface area is 170 Å². The largest absolute Gasteiger partial charge is 0.346 e. The first-order valence-electron chi connectivity index (χ1n) is 8.14. The summed E-state index contributed by atoms with van der Waals surface area (Å²) in [5.41, 5.74) is 1.08. The van der Waals surface area contributed by atoms with Crippen LogP contribution in [0.25, 0.3) is 0 Å². The number of amides is 1. The molecule has 0 saturated carbocycles. The summed E-state index contributed by atoms with van der Waals surface area (Å²) in [4.78, 5) is 19.6. The van der Waals surface area contributed by atoms with Crippen molar-refractivity contribution in [1.82, 2.24) is 30.2 Å². The number of benzene rings is 1. The number of carbonyl (C=O) groups is 1. The zero-order valence-corrected chi connectivity index (χ0v) is 16.3. The molecule has 150 valence electrons. The molecule has 0 unspecified atom stereocenters. The maximum Gasteiger partial charge on any atom is 0.272 e. The molecule has 1 aromatic carbocycles. The quantitative estimate of drug-likeness (QED) is 0.574. The molecule has 0 aliphatic carbocycles. The third-order valence-electron chi connectivity index (χ3n) is 3.66. The van der Waals surface area contributed by atoms with Gasteiger partial charge in [0, 0.05) is 24.5 Å². The van der Waals surface area contributed by atoms with Crippen molar-refractivity contribution in [3.05, 3.63) is 76.8 Å². The van der Waals surface area contributed by atoms with E-state index in [9.17, 15) is 17.6 Å². The van der Waals surface area contributed by atoms with Crippen molar-refractivity contribution in [3.63, 3.8) is 0 Å². The van der Waals surface area contributed by atoms with Gasteiger partial charge in [0.05, 0.1) is 22.2 Å². The molecule has 29 heavy (non-hydrogen) atoms. The van der Waals surface area contributed by atoms with Crippen LogP contribution in [0.2, 0.25) is 5.02 Å². The average Bonchev–Trinajstić information content (AvgIpc) is 2.73. The standard InChI is InChI=1S/C17H14ClFN6O3S/c18-14-5-13(2-3-15(14)19)29(27,28)23-9-12-1-4-16(25-24-12)17(26)22-8-11-6-20-10-21-7-11/h1-7,10,23H,8-9H2,(H,22,26). The van der Waals surface area contributed by atoms with Gasteiger partial charge in [-0.2, -0.15) is 5.10 Å². The summed E-state index contributed by atoms with van der Waals surface area (Å²) in [5, 5.41) is 9.97. The second-order valence-corrected chi connectivity index (χ2v) is 7.91. The zero-order valence-electron chi connectivity index (χ0n) is 14.7. The Morgan fingerprint density at radius 3 is 2.48 bits per heavy atom. The highest BCUT2D eigenvalue weighted by Crippen LogP contribution is 2.19. The summed E-state index contributed by atoms with van der Waals surface area (Å²) in [6.45, 7) is 0.0523. The van der Waals surface area contributed by atoms with Crippen molar-refractivity contribution in [1.29, 1.82) is 0 Å². The van der Waals surface area contributed by atoms with E-state index in [0.29, 0.717) is 0 Å². The Morgan fingerprint density at radius 1 is 1.07 bits per heavy atom. The molecule has 2 N–H and O–H groups in total. The van der Waals surface area contributed by atoms with Gasteiger partial charge in [-0.15, -0.1) is 5.10 Å². The van der Waals surface area contributed by atoms with Crippen LogP contribution in [-0.2, 0) is 23.1 Å². The summed E-state index contributed by atoms with van der Waals surface area (Å²) in [5.74, 6) is -1.17. The van der Waals surface area contributed by atoms with E-state index >= 15 is 0 Å². The van der Waals surface area contributed by atoms with E-state index in [1.165, 1.54) is 18.5 Å². The Balaban J connectivity index is 1.58. The Bertz CT molecular complexity index is 1110. The van der Waals surface area contributed by atoms with Crippen molar-refractivity contribution in [3.8, 4) is 0 Å². The average molecular weight is 437 g/mol. The first-order chi connectivity index (χ1) is 13.8. The Morgan fingerprint density at radius 2 is 1.83 bits per heavy atom. The van der Waals surface area contributed by atoms with E-state index in [0.717, 1.165) is 23.8 Å². The molecule has 1 amide bonds. The molecule has 3 aromatic rings. The summed E-state index contributed by atoms with van der Waals surface area (Å²) in [6.07, 6.45) is 4.53. The predicted octanol–water partition coefficient (Wildman–Crippen LogP) is 1.47. The minimum absolute atomic E-state index is 0.0683. The highest BCUT2D eigenvalue weighted by atomic mass is 35.5. The van der Waals surface area contributed by atoms with Crippen molar-refractivity contribution in [2.75, 3.05) is 0 Å². The lowest BCUT2D eigenvalue weighted by Crippen LogP contribution is -2.26. The lowest BCUT2D eigenvalue weighted by atomic mass is 10.3. The second-order valence-electron chi connectivity index (χ2n) is 5.74. The number of hydrogen-bond donors (Lipinski definition) is 2. The Kier molecular flexibility index (Phi) is 6.42. The molecule has 0 saturated heterocycles. The van der Waals surface area contributed by atoms with Gasteiger partial charge >= 0.3 is 0 Å². The van der Waals surface area contributed by atoms with Crippen LogP contribution in [0.5, 0.6) is 0 Å². The number of nitrogens with zero attached hydrogens (tertiary/aromatic N) is 4. The first kappa shape index (κ1) is 20.7. The number of rotatable bonds is 7. The molecule has 3 rings (SSSR count). The second kappa shape index (κ2) is 8.99. The molecular formula is C17H14ClFN6O3S. The fourth-order valence-electron chi connectivity index (χ4n) is 2.17. The Hall–Kier alpha value is -3.02. The van der Waals surface area contributed by atoms with Crippen molar-refractivity contribution < 1.29 is 17.6 Å². The number of sulfonamides is 1. The molecule has 9 nitrogen and oxygen atoms in total. The summed E-state index contributed by atoms with van der Waals surface area (Å²) in [7, 11) is -3.92. The fourth-order valence-corrected chi connectivity index (χ4v) is 3.44. The van der Waals surface area contributed by atoms with Crippen LogP contribution < -0.4 is 10.0 Å². The molecule has 12 heteroatoms. The normalized spacial score (nSPS) is 11.2. The maximum absolute atomic E-state index is 13.2. The topological polar surface area (TPSA) is 127 Å². The number of halogens is 2. The lowest BCUT2D eigenvalue weighted by Gasteiger charge is -2.07.